The second-order valence-electron chi connectivity index (χ2n) is 6.89. The highest BCUT2D eigenvalue weighted by Crippen LogP contribution is 2.39. The Kier molecular flexibility index (Phi) is 5.67. The van der Waals surface area contributed by atoms with E-state index in [1.165, 1.54) is 7.11 Å². The van der Waals surface area contributed by atoms with E-state index in [0.717, 1.165) is 5.56 Å². The molecule has 0 saturated heterocycles. The number of methoxy groups -OCH3 is 1. The Morgan fingerprint density at radius 3 is 2.45 bits per heavy atom. The molecule has 1 aliphatic heterocycles. The van der Waals surface area contributed by atoms with E-state index < -0.39 is 5.97 Å². The zero-order chi connectivity index (χ0) is 21.8. The maximum absolute atomic E-state index is 12.7. The SMILES string of the molecule is COc1ccccc1C(=O)Oc1ccc2c(c1C)O/C(=C\C=C\c1ccccc1)C2=O. The molecule has 0 atom stereocenters. The molecular formula is C26H20O5. The summed E-state index contributed by atoms with van der Waals surface area (Å²) >= 11 is 0. The van der Waals surface area contributed by atoms with Crippen molar-refractivity contribution in [2.24, 2.45) is 0 Å². The standard InChI is InChI=1S/C26H20O5/c1-17-21(31-26(28)19-12-6-7-13-22(19)29-2)16-15-20-24(27)23(30-25(17)20)14-8-11-18-9-4-3-5-10-18/h3-16H,1-2H3/b11-8+,23-14-. The highest BCUT2D eigenvalue weighted by atomic mass is 16.5. The molecule has 0 bridgehead atoms. The van der Waals surface area contributed by atoms with Gasteiger partial charge in [0, 0.05) is 5.56 Å². The number of esters is 1. The van der Waals surface area contributed by atoms with Gasteiger partial charge in [0.25, 0.3) is 0 Å². The van der Waals surface area contributed by atoms with Crippen LogP contribution in [0.4, 0.5) is 0 Å². The lowest BCUT2D eigenvalue weighted by Gasteiger charge is -2.11. The van der Waals surface area contributed by atoms with Gasteiger partial charge in [0.15, 0.2) is 5.76 Å². The fourth-order valence-electron chi connectivity index (χ4n) is 3.27. The lowest BCUT2D eigenvalue weighted by Crippen LogP contribution is -2.11. The number of rotatable bonds is 5. The lowest BCUT2D eigenvalue weighted by molar-refractivity contribution is 0.0729. The molecule has 3 aromatic carbocycles. The van der Waals surface area contributed by atoms with Crippen LogP contribution in [0.2, 0.25) is 0 Å². The van der Waals surface area contributed by atoms with E-state index in [9.17, 15) is 9.59 Å². The fraction of sp³-hybridized carbons (Fsp3) is 0.0769. The van der Waals surface area contributed by atoms with Crippen molar-refractivity contribution in [1.29, 1.82) is 0 Å². The first-order valence-corrected chi connectivity index (χ1v) is 9.73. The number of fused-ring (bicyclic) bond motifs is 1. The number of hydrogen-bond acceptors (Lipinski definition) is 5. The maximum atomic E-state index is 12.7. The third-order valence-electron chi connectivity index (χ3n) is 4.90. The van der Waals surface area contributed by atoms with E-state index in [0.29, 0.717) is 33.9 Å². The number of para-hydroxylation sites is 1. The van der Waals surface area contributed by atoms with E-state index in [1.807, 2.05) is 36.4 Å². The molecule has 0 N–H and O–H groups in total. The number of Topliss-reactive ketones (excluding diaryl/α,β-unsaturated/α-hetero) is 1. The first kappa shape index (κ1) is 20.2. The molecule has 0 aliphatic carbocycles. The van der Waals surface area contributed by atoms with Gasteiger partial charge in [-0.05, 0) is 42.8 Å². The molecule has 31 heavy (non-hydrogen) atoms. The molecule has 0 fully saturated rings. The van der Waals surface area contributed by atoms with Gasteiger partial charge in [-0.15, -0.1) is 0 Å². The van der Waals surface area contributed by atoms with Gasteiger partial charge in [-0.1, -0.05) is 54.6 Å². The number of hydrogen-bond donors (Lipinski definition) is 0. The Labute approximate surface area is 180 Å². The van der Waals surface area contributed by atoms with Crippen molar-refractivity contribution in [2.45, 2.75) is 6.92 Å². The van der Waals surface area contributed by atoms with Gasteiger partial charge in [-0.25, -0.2) is 4.79 Å². The summed E-state index contributed by atoms with van der Waals surface area (Å²) in [6, 6.07) is 19.8. The fourth-order valence-corrected chi connectivity index (χ4v) is 3.27. The van der Waals surface area contributed by atoms with Crippen molar-refractivity contribution < 1.29 is 23.8 Å². The quantitative estimate of drug-likeness (QED) is 0.319. The summed E-state index contributed by atoms with van der Waals surface area (Å²) in [5, 5.41) is 0. The summed E-state index contributed by atoms with van der Waals surface area (Å²) < 4.78 is 16.6. The number of ether oxygens (including phenoxy) is 3. The summed E-state index contributed by atoms with van der Waals surface area (Å²) in [6.45, 7) is 1.75. The van der Waals surface area contributed by atoms with Crippen molar-refractivity contribution in [2.75, 3.05) is 7.11 Å². The van der Waals surface area contributed by atoms with Crippen LogP contribution in [-0.4, -0.2) is 18.9 Å². The average Bonchev–Trinajstić information content (AvgIpc) is 3.12. The number of ketones is 1. The van der Waals surface area contributed by atoms with Crippen LogP contribution in [0.1, 0.15) is 31.8 Å². The van der Waals surface area contributed by atoms with E-state index >= 15 is 0 Å². The number of allylic oxidation sites excluding steroid dienone is 3. The molecule has 5 nitrogen and oxygen atoms in total. The summed E-state index contributed by atoms with van der Waals surface area (Å²) in [5.41, 5.74) is 2.34. The normalized spacial score (nSPS) is 13.9. The van der Waals surface area contributed by atoms with Crippen LogP contribution in [0.3, 0.4) is 0 Å². The topological polar surface area (TPSA) is 61.8 Å². The lowest BCUT2D eigenvalue weighted by atomic mass is 10.1. The van der Waals surface area contributed by atoms with E-state index in [2.05, 4.69) is 0 Å². The number of benzene rings is 3. The monoisotopic (exact) mass is 412 g/mol. The summed E-state index contributed by atoms with van der Waals surface area (Å²) in [4.78, 5) is 25.3. The van der Waals surface area contributed by atoms with Crippen LogP contribution in [0.25, 0.3) is 6.08 Å². The van der Waals surface area contributed by atoms with Crippen molar-refractivity contribution >= 4 is 17.8 Å². The molecule has 0 amide bonds. The van der Waals surface area contributed by atoms with Crippen molar-refractivity contribution in [3.05, 3.63) is 107 Å². The van der Waals surface area contributed by atoms with Gasteiger partial charge in [0.2, 0.25) is 5.78 Å². The molecule has 1 heterocycles. The van der Waals surface area contributed by atoms with Crippen molar-refractivity contribution in [3.63, 3.8) is 0 Å². The summed E-state index contributed by atoms with van der Waals surface area (Å²) in [5.74, 6) is 0.606. The Hall–Kier alpha value is -4.12. The molecule has 4 rings (SSSR count). The van der Waals surface area contributed by atoms with Crippen LogP contribution >= 0.6 is 0 Å². The van der Waals surface area contributed by atoms with Crippen LogP contribution < -0.4 is 14.2 Å². The molecule has 5 heteroatoms. The summed E-state index contributed by atoms with van der Waals surface area (Å²) in [7, 11) is 1.49. The molecule has 1 aliphatic rings. The molecule has 0 unspecified atom stereocenters. The Bertz CT molecular complexity index is 1210. The van der Waals surface area contributed by atoms with Gasteiger partial charge in [0.05, 0.1) is 12.7 Å². The highest BCUT2D eigenvalue weighted by Gasteiger charge is 2.30. The highest BCUT2D eigenvalue weighted by molar-refractivity contribution is 6.13. The first-order chi connectivity index (χ1) is 15.1. The van der Waals surface area contributed by atoms with Crippen LogP contribution in [-0.2, 0) is 0 Å². The van der Waals surface area contributed by atoms with Gasteiger partial charge in [0.1, 0.15) is 22.8 Å². The Morgan fingerprint density at radius 2 is 1.68 bits per heavy atom. The maximum Gasteiger partial charge on any atom is 0.347 e. The van der Waals surface area contributed by atoms with Gasteiger partial charge >= 0.3 is 5.97 Å². The first-order valence-electron chi connectivity index (χ1n) is 9.73. The Morgan fingerprint density at radius 1 is 0.935 bits per heavy atom. The minimum absolute atomic E-state index is 0.210. The zero-order valence-electron chi connectivity index (χ0n) is 17.1. The van der Waals surface area contributed by atoms with E-state index in [4.69, 9.17) is 14.2 Å². The molecule has 0 spiro atoms. The third kappa shape index (κ3) is 4.12. The van der Waals surface area contributed by atoms with E-state index in [1.54, 1.807) is 55.5 Å². The smallest absolute Gasteiger partial charge is 0.347 e. The number of carbonyl (C=O) groups excluding carboxylic acids is 2. The molecule has 0 aromatic heterocycles. The second-order valence-corrected chi connectivity index (χ2v) is 6.89. The molecule has 3 aromatic rings. The largest absolute Gasteiger partial charge is 0.496 e. The second kappa shape index (κ2) is 8.71. The molecular weight excluding hydrogens is 392 g/mol. The van der Waals surface area contributed by atoms with Crippen molar-refractivity contribution in [1.82, 2.24) is 0 Å². The molecule has 154 valence electrons. The third-order valence-corrected chi connectivity index (χ3v) is 4.90. The van der Waals surface area contributed by atoms with Gasteiger partial charge in [-0.3, -0.25) is 4.79 Å². The minimum Gasteiger partial charge on any atom is -0.496 e. The Balaban J connectivity index is 1.55. The van der Waals surface area contributed by atoms with Crippen molar-refractivity contribution in [3.8, 4) is 17.2 Å². The summed E-state index contributed by atoms with van der Waals surface area (Å²) in [6.07, 6.45) is 5.29. The average molecular weight is 412 g/mol. The molecule has 0 saturated carbocycles. The van der Waals surface area contributed by atoms with Crippen LogP contribution in [0.5, 0.6) is 17.2 Å². The van der Waals surface area contributed by atoms with Gasteiger partial charge < -0.3 is 14.2 Å². The predicted octanol–water partition coefficient (Wildman–Crippen LogP) is 5.40. The van der Waals surface area contributed by atoms with Gasteiger partial charge in [-0.2, -0.15) is 0 Å². The van der Waals surface area contributed by atoms with Crippen LogP contribution in [0.15, 0.2) is 84.6 Å². The zero-order valence-corrected chi connectivity index (χ0v) is 17.1. The van der Waals surface area contributed by atoms with Crippen LogP contribution in [0, 0.1) is 6.92 Å². The van der Waals surface area contributed by atoms with E-state index in [-0.39, 0.29) is 11.5 Å². The number of carbonyl (C=O) groups is 2. The predicted molar refractivity (Wildman–Crippen MR) is 118 cm³/mol. The molecule has 0 radical (unpaired) electrons. The minimum atomic E-state index is -0.550.